The van der Waals surface area contributed by atoms with Gasteiger partial charge in [0.05, 0.1) is 24.3 Å². The van der Waals surface area contributed by atoms with Crippen molar-refractivity contribution in [3.05, 3.63) is 95.1 Å². The van der Waals surface area contributed by atoms with E-state index in [9.17, 15) is 23.1 Å². The Kier molecular flexibility index (Phi) is 5.37. The number of nitrogens with zero attached hydrogens (tertiary/aromatic N) is 1. The van der Waals surface area contributed by atoms with E-state index in [1.807, 2.05) is 48.5 Å². The summed E-state index contributed by atoms with van der Waals surface area (Å²) >= 11 is 0. The van der Waals surface area contributed by atoms with E-state index in [2.05, 4.69) is 0 Å². The zero-order valence-electron chi connectivity index (χ0n) is 17.6. The number of aliphatic hydroxyl groups excluding tert-OH is 1. The second kappa shape index (κ2) is 8.23. The maximum absolute atomic E-state index is 13.0. The van der Waals surface area contributed by atoms with Crippen LogP contribution in [0.4, 0.5) is 18.0 Å². The van der Waals surface area contributed by atoms with E-state index in [-0.39, 0.29) is 25.5 Å². The van der Waals surface area contributed by atoms with Gasteiger partial charge < -0.3 is 9.84 Å². The van der Waals surface area contributed by atoms with Gasteiger partial charge in [0.1, 0.15) is 6.61 Å². The molecule has 0 bridgehead atoms. The number of hydrogen-bond acceptors (Lipinski definition) is 3. The first-order valence-electron chi connectivity index (χ1n) is 10.8. The second-order valence-corrected chi connectivity index (χ2v) is 8.48. The largest absolute Gasteiger partial charge is 0.448 e. The topological polar surface area (TPSA) is 49.8 Å². The van der Waals surface area contributed by atoms with Crippen LogP contribution in [0.1, 0.15) is 40.6 Å². The Morgan fingerprint density at radius 2 is 1.52 bits per heavy atom. The van der Waals surface area contributed by atoms with E-state index in [0.29, 0.717) is 5.56 Å². The van der Waals surface area contributed by atoms with Gasteiger partial charge in [-0.25, -0.2) is 4.79 Å². The lowest BCUT2D eigenvalue weighted by atomic mass is 9.98. The van der Waals surface area contributed by atoms with Crippen LogP contribution >= 0.6 is 0 Å². The molecule has 1 N–H and O–H groups in total. The molecule has 0 spiro atoms. The molecule has 1 aliphatic heterocycles. The summed E-state index contributed by atoms with van der Waals surface area (Å²) in [6.07, 6.45) is -5.54. The predicted octanol–water partition coefficient (Wildman–Crippen LogP) is 5.76. The molecule has 1 aliphatic carbocycles. The fourth-order valence-corrected chi connectivity index (χ4v) is 4.90. The number of benzene rings is 3. The summed E-state index contributed by atoms with van der Waals surface area (Å²) in [4.78, 5) is 14.4. The lowest BCUT2D eigenvalue weighted by molar-refractivity contribution is -0.137. The highest BCUT2D eigenvalue weighted by molar-refractivity contribution is 5.79. The molecule has 0 aromatic heterocycles. The number of carbonyl (C=O) groups is 1. The number of aliphatic hydroxyl groups is 1. The third-order valence-corrected chi connectivity index (χ3v) is 6.47. The van der Waals surface area contributed by atoms with Crippen molar-refractivity contribution < 1.29 is 27.8 Å². The van der Waals surface area contributed by atoms with Crippen molar-refractivity contribution in [3.63, 3.8) is 0 Å². The number of fused-ring (bicyclic) bond motifs is 3. The van der Waals surface area contributed by atoms with Gasteiger partial charge in [-0.3, -0.25) is 4.90 Å². The minimum atomic E-state index is -4.43. The molecule has 3 aromatic carbocycles. The number of alkyl halides is 3. The molecule has 1 saturated heterocycles. The third kappa shape index (κ3) is 3.97. The normalized spacial score (nSPS) is 19.9. The zero-order chi connectivity index (χ0) is 23.2. The summed E-state index contributed by atoms with van der Waals surface area (Å²) in [6, 6.07) is 20.2. The summed E-state index contributed by atoms with van der Waals surface area (Å²) in [7, 11) is 0. The Hall–Kier alpha value is -3.32. The molecule has 0 radical (unpaired) electrons. The molecular formula is C26H22F3NO3. The lowest BCUT2D eigenvalue weighted by Gasteiger charge is -2.25. The third-order valence-electron chi connectivity index (χ3n) is 6.47. The van der Waals surface area contributed by atoms with Gasteiger partial charge in [-0.2, -0.15) is 13.2 Å². The highest BCUT2D eigenvalue weighted by atomic mass is 19.4. The van der Waals surface area contributed by atoms with E-state index >= 15 is 0 Å². The van der Waals surface area contributed by atoms with Crippen LogP contribution in [0.25, 0.3) is 11.1 Å². The van der Waals surface area contributed by atoms with Crippen molar-refractivity contribution in [2.75, 3.05) is 13.2 Å². The summed E-state index contributed by atoms with van der Waals surface area (Å²) in [5, 5.41) is 10.2. The van der Waals surface area contributed by atoms with Gasteiger partial charge in [0.25, 0.3) is 0 Å². The SMILES string of the molecule is O=C(OCC1c2ccccc2-c2ccccc21)N1CC(O)CC1c1ccc(C(F)(F)F)cc1. The molecule has 5 rings (SSSR count). The average molecular weight is 453 g/mol. The van der Waals surface area contributed by atoms with Crippen molar-refractivity contribution in [1.29, 1.82) is 0 Å². The van der Waals surface area contributed by atoms with Crippen LogP contribution in [0.5, 0.6) is 0 Å². The Morgan fingerprint density at radius 3 is 2.09 bits per heavy atom. The van der Waals surface area contributed by atoms with Crippen molar-refractivity contribution in [2.45, 2.75) is 30.7 Å². The summed E-state index contributed by atoms with van der Waals surface area (Å²) in [5.41, 5.74) is 4.20. The second-order valence-electron chi connectivity index (χ2n) is 8.48. The summed E-state index contributed by atoms with van der Waals surface area (Å²) < 4.78 is 44.4. The Morgan fingerprint density at radius 1 is 0.939 bits per heavy atom. The van der Waals surface area contributed by atoms with Gasteiger partial charge >= 0.3 is 12.3 Å². The number of rotatable bonds is 3. The van der Waals surface area contributed by atoms with Crippen molar-refractivity contribution in [1.82, 2.24) is 4.90 Å². The van der Waals surface area contributed by atoms with Crippen LogP contribution < -0.4 is 0 Å². The van der Waals surface area contributed by atoms with E-state index in [1.54, 1.807) is 0 Å². The predicted molar refractivity (Wildman–Crippen MR) is 117 cm³/mol. The molecule has 2 atom stereocenters. The molecule has 2 unspecified atom stereocenters. The Bertz CT molecular complexity index is 1130. The van der Waals surface area contributed by atoms with Crippen molar-refractivity contribution in [3.8, 4) is 11.1 Å². The van der Waals surface area contributed by atoms with Crippen LogP contribution in [0.3, 0.4) is 0 Å². The number of β-amino-alcohol motifs (C(OH)–C–C–N with tert-alkyl or cyclic N) is 1. The molecule has 0 saturated carbocycles. The van der Waals surface area contributed by atoms with Gasteiger partial charge in [-0.15, -0.1) is 0 Å². The highest BCUT2D eigenvalue weighted by Gasteiger charge is 2.38. The van der Waals surface area contributed by atoms with Crippen LogP contribution in [-0.4, -0.2) is 35.4 Å². The molecule has 7 heteroatoms. The van der Waals surface area contributed by atoms with Gasteiger partial charge in [0.15, 0.2) is 0 Å². The van der Waals surface area contributed by atoms with Gasteiger partial charge in [-0.1, -0.05) is 60.7 Å². The summed E-state index contributed by atoms with van der Waals surface area (Å²) in [5.74, 6) is -0.0987. The standard InChI is InChI=1S/C26H22F3NO3/c27-26(28,29)17-11-9-16(10-12-17)24-13-18(31)14-30(24)25(32)33-15-23-21-7-3-1-5-19(21)20-6-2-4-8-22(20)23/h1-12,18,23-24,31H,13-15H2. The monoisotopic (exact) mass is 453 g/mol. The molecule has 1 fully saturated rings. The van der Waals surface area contributed by atoms with Crippen LogP contribution in [0, 0.1) is 0 Å². The van der Waals surface area contributed by atoms with Crippen LogP contribution in [0.15, 0.2) is 72.8 Å². The first kappa shape index (κ1) is 21.5. The van der Waals surface area contributed by atoms with Crippen molar-refractivity contribution in [2.24, 2.45) is 0 Å². The molecular weight excluding hydrogens is 431 g/mol. The van der Waals surface area contributed by atoms with E-state index in [0.717, 1.165) is 34.4 Å². The average Bonchev–Trinajstić information content (AvgIpc) is 3.35. The maximum atomic E-state index is 13.0. The van der Waals surface area contributed by atoms with Crippen molar-refractivity contribution >= 4 is 6.09 Å². The number of halogens is 3. The summed E-state index contributed by atoms with van der Waals surface area (Å²) in [6.45, 7) is 0.210. The smallest absolute Gasteiger partial charge is 0.416 e. The Labute approximate surface area is 189 Å². The fourth-order valence-electron chi connectivity index (χ4n) is 4.90. The number of amides is 1. The molecule has 1 heterocycles. The first-order valence-corrected chi connectivity index (χ1v) is 10.8. The highest BCUT2D eigenvalue weighted by Crippen LogP contribution is 2.45. The van der Waals surface area contributed by atoms with E-state index < -0.39 is 30.0 Å². The molecule has 1 amide bonds. The minimum Gasteiger partial charge on any atom is -0.448 e. The molecule has 170 valence electrons. The fraction of sp³-hybridized carbons (Fsp3) is 0.269. The number of likely N-dealkylation sites (tertiary alicyclic amines) is 1. The molecule has 3 aromatic rings. The minimum absolute atomic E-state index is 0.0718. The zero-order valence-corrected chi connectivity index (χ0v) is 17.6. The van der Waals surface area contributed by atoms with E-state index in [4.69, 9.17) is 4.74 Å². The van der Waals surface area contributed by atoms with Gasteiger partial charge in [-0.05, 0) is 46.4 Å². The van der Waals surface area contributed by atoms with Gasteiger partial charge in [0, 0.05) is 5.92 Å². The Balaban J connectivity index is 1.33. The lowest BCUT2D eigenvalue weighted by Crippen LogP contribution is -2.33. The van der Waals surface area contributed by atoms with Crippen LogP contribution in [-0.2, 0) is 10.9 Å². The van der Waals surface area contributed by atoms with E-state index in [1.165, 1.54) is 17.0 Å². The molecule has 2 aliphatic rings. The van der Waals surface area contributed by atoms with Crippen LogP contribution in [0.2, 0.25) is 0 Å². The molecule has 33 heavy (non-hydrogen) atoms. The number of carbonyl (C=O) groups excluding carboxylic acids is 1. The maximum Gasteiger partial charge on any atom is 0.416 e. The number of hydrogen-bond donors (Lipinski definition) is 1. The first-order chi connectivity index (χ1) is 15.8. The molecule has 4 nitrogen and oxygen atoms in total. The van der Waals surface area contributed by atoms with Gasteiger partial charge in [0.2, 0.25) is 0 Å². The quantitative estimate of drug-likeness (QED) is 0.548. The number of ether oxygens (including phenoxy) is 1.